The van der Waals surface area contributed by atoms with Gasteiger partial charge in [0.25, 0.3) is 0 Å². The van der Waals surface area contributed by atoms with E-state index >= 15 is 0 Å². The first-order valence-electron chi connectivity index (χ1n) is 5.25. The summed E-state index contributed by atoms with van der Waals surface area (Å²) in [6.07, 6.45) is 2.11. The molecule has 0 aromatic heterocycles. The molecule has 0 bridgehead atoms. The van der Waals surface area contributed by atoms with Gasteiger partial charge in [0.1, 0.15) is 5.82 Å². The Hall–Kier alpha value is -0.890. The molecule has 1 heterocycles. The predicted octanol–water partition coefficient (Wildman–Crippen LogP) is 2.60. The summed E-state index contributed by atoms with van der Waals surface area (Å²) < 4.78 is 13.8. The summed E-state index contributed by atoms with van der Waals surface area (Å²) in [6.45, 7) is 3.86. The number of halogens is 1. The van der Waals surface area contributed by atoms with Gasteiger partial charge in [0.15, 0.2) is 0 Å². The third kappa shape index (κ3) is 1.80. The summed E-state index contributed by atoms with van der Waals surface area (Å²) in [5.74, 6) is 0.413. The van der Waals surface area contributed by atoms with Crippen LogP contribution in [-0.4, -0.2) is 13.1 Å². The van der Waals surface area contributed by atoms with E-state index in [1.807, 2.05) is 25.1 Å². The molecule has 1 aliphatic rings. The second kappa shape index (κ2) is 4.09. The molecule has 1 fully saturated rings. The van der Waals surface area contributed by atoms with E-state index in [9.17, 15) is 4.39 Å². The highest BCUT2D eigenvalue weighted by molar-refractivity contribution is 5.28. The van der Waals surface area contributed by atoms with Gasteiger partial charge >= 0.3 is 0 Å². The molecule has 0 spiro atoms. The molecular formula is C12H16FN. The topological polar surface area (TPSA) is 12.0 Å². The molecule has 0 unspecified atom stereocenters. The van der Waals surface area contributed by atoms with Crippen LogP contribution in [0.15, 0.2) is 18.2 Å². The zero-order valence-electron chi connectivity index (χ0n) is 8.52. The number of aryl methyl sites for hydroxylation is 1. The van der Waals surface area contributed by atoms with Crippen LogP contribution in [0.3, 0.4) is 0 Å². The Balaban J connectivity index is 2.26. The lowest BCUT2D eigenvalue weighted by Crippen LogP contribution is -2.27. The Morgan fingerprint density at radius 1 is 1.29 bits per heavy atom. The molecule has 0 amide bonds. The van der Waals surface area contributed by atoms with Crippen LogP contribution in [-0.2, 0) is 0 Å². The van der Waals surface area contributed by atoms with Crippen LogP contribution in [0.4, 0.5) is 4.39 Å². The number of benzene rings is 1. The molecule has 0 saturated carbocycles. The quantitative estimate of drug-likeness (QED) is 0.723. The van der Waals surface area contributed by atoms with Gasteiger partial charge in [-0.2, -0.15) is 0 Å². The van der Waals surface area contributed by atoms with Crippen LogP contribution in [0.2, 0.25) is 0 Å². The Morgan fingerprint density at radius 2 is 2.00 bits per heavy atom. The molecule has 2 rings (SSSR count). The molecule has 0 aliphatic carbocycles. The lowest BCUT2D eigenvalue weighted by atomic mass is 9.89. The van der Waals surface area contributed by atoms with E-state index in [4.69, 9.17) is 0 Å². The first kappa shape index (κ1) is 9.66. The molecule has 1 aromatic rings. The van der Waals surface area contributed by atoms with Gasteiger partial charge < -0.3 is 5.32 Å². The van der Waals surface area contributed by atoms with Crippen LogP contribution in [0, 0.1) is 12.7 Å². The molecule has 1 N–H and O–H groups in total. The first-order chi connectivity index (χ1) is 6.79. The number of hydrogen-bond donors (Lipinski definition) is 1. The summed E-state index contributed by atoms with van der Waals surface area (Å²) in [5, 5.41) is 3.30. The number of hydrogen-bond acceptors (Lipinski definition) is 1. The average Bonchev–Trinajstić information content (AvgIpc) is 2.23. The van der Waals surface area contributed by atoms with E-state index in [0.29, 0.717) is 5.92 Å². The molecule has 1 aliphatic heterocycles. The Labute approximate surface area is 84.3 Å². The summed E-state index contributed by atoms with van der Waals surface area (Å²) >= 11 is 0. The van der Waals surface area contributed by atoms with E-state index in [2.05, 4.69) is 5.32 Å². The third-order valence-corrected chi connectivity index (χ3v) is 3.00. The fourth-order valence-corrected chi connectivity index (χ4v) is 2.12. The fourth-order valence-electron chi connectivity index (χ4n) is 2.12. The second-order valence-electron chi connectivity index (χ2n) is 4.00. The van der Waals surface area contributed by atoms with Gasteiger partial charge in [-0.05, 0) is 49.9 Å². The number of nitrogens with one attached hydrogen (secondary N) is 1. The van der Waals surface area contributed by atoms with Crippen molar-refractivity contribution >= 4 is 0 Å². The van der Waals surface area contributed by atoms with Crippen LogP contribution in [0.1, 0.15) is 29.9 Å². The molecule has 0 radical (unpaired) electrons. The molecule has 14 heavy (non-hydrogen) atoms. The highest BCUT2D eigenvalue weighted by atomic mass is 19.1. The van der Waals surface area contributed by atoms with Crippen molar-refractivity contribution in [3.05, 3.63) is 35.1 Å². The normalized spacial score (nSPS) is 18.4. The van der Waals surface area contributed by atoms with Gasteiger partial charge in [0.05, 0.1) is 0 Å². The van der Waals surface area contributed by atoms with Crippen molar-refractivity contribution < 1.29 is 4.39 Å². The van der Waals surface area contributed by atoms with Crippen molar-refractivity contribution in [2.45, 2.75) is 25.7 Å². The molecule has 0 atom stereocenters. The third-order valence-electron chi connectivity index (χ3n) is 3.00. The van der Waals surface area contributed by atoms with Crippen molar-refractivity contribution in [3.63, 3.8) is 0 Å². The van der Waals surface area contributed by atoms with Crippen molar-refractivity contribution in [2.75, 3.05) is 13.1 Å². The van der Waals surface area contributed by atoms with E-state index in [1.165, 1.54) is 0 Å². The van der Waals surface area contributed by atoms with Crippen molar-refractivity contribution in [2.24, 2.45) is 0 Å². The van der Waals surface area contributed by atoms with Crippen LogP contribution >= 0.6 is 0 Å². The van der Waals surface area contributed by atoms with Crippen molar-refractivity contribution in [1.82, 2.24) is 5.32 Å². The highest BCUT2D eigenvalue weighted by Gasteiger charge is 2.18. The molecule has 1 saturated heterocycles. The van der Waals surface area contributed by atoms with Crippen LogP contribution < -0.4 is 5.32 Å². The summed E-state index contributed by atoms with van der Waals surface area (Å²) in [6, 6.07) is 5.72. The van der Waals surface area contributed by atoms with E-state index in [1.54, 1.807) is 0 Å². The van der Waals surface area contributed by atoms with Gasteiger partial charge in [-0.1, -0.05) is 18.2 Å². The molecular weight excluding hydrogens is 177 g/mol. The Bertz CT molecular complexity index is 316. The first-order valence-corrected chi connectivity index (χ1v) is 5.25. The lowest BCUT2D eigenvalue weighted by molar-refractivity contribution is 0.444. The van der Waals surface area contributed by atoms with E-state index in [-0.39, 0.29) is 5.82 Å². The zero-order chi connectivity index (χ0) is 9.97. The maximum atomic E-state index is 13.8. The Kier molecular flexibility index (Phi) is 2.82. The maximum Gasteiger partial charge on any atom is 0.129 e. The van der Waals surface area contributed by atoms with Crippen molar-refractivity contribution in [3.8, 4) is 0 Å². The highest BCUT2D eigenvalue weighted by Crippen LogP contribution is 2.28. The zero-order valence-corrected chi connectivity index (χ0v) is 8.52. The monoisotopic (exact) mass is 193 g/mol. The minimum Gasteiger partial charge on any atom is -0.317 e. The number of piperidine rings is 1. The molecule has 76 valence electrons. The molecule has 2 heteroatoms. The second-order valence-corrected chi connectivity index (χ2v) is 4.00. The van der Waals surface area contributed by atoms with E-state index in [0.717, 1.165) is 37.1 Å². The molecule has 1 nitrogen and oxygen atoms in total. The summed E-state index contributed by atoms with van der Waals surface area (Å²) in [7, 11) is 0. The van der Waals surface area contributed by atoms with Gasteiger partial charge in [-0.3, -0.25) is 0 Å². The van der Waals surface area contributed by atoms with Crippen molar-refractivity contribution in [1.29, 1.82) is 0 Å². The largest absolute Gasteiger partial charge is 0.317 e. The minimum absolute atomic E-state index is 0.000556. The lowest BCUT2D eigenvalue weighted by Gasteiger charge is -2.23. The van der Waals surface area contributed by atoms with Crippen LogP contribution in [0.25, 0.3) is 0 Å². The summed E-state index contributed by atoms with van der Waals surface area (Å²) in [5.41, 5.74) is 1.67. The SMILES string of the molecule is Cc1cccc(C2CCNCC2)c1F. The fraction of sp³-hybridized carbons (Fsp3) is 0.500. The minimum atomic E-state index is -0.000556. The standard InChI is InChI=1S/C12H16FN/c1-9-3-2-4-11(12(9)13)10-5-7-14-8-6-10/h2-4,10,14H,5-8H2,1H3. The number of rotatable bonds is 1. The van der Waals surface area contributed by atoms with Gasteiger partial charge in [-0.25, -0.2) is 4.39 Å². The smallest absolute Gasteiger partial charge is 0.129 e. The average molecular weight is 193 g/mol. The van der Waals surface area contributed by atoms with Gasteiger partial charge in [-0.15, -0.1) is 0 Å². The van der Waals surface area contributed by atoms with E-state index < -0.39 is 0 Å². The maximum absolute atomic E-state index is 13.8. The van der Waals surface area contributed by atoms with Gasteiger partial charge in [0.2, 0.25) is 0 Å². The predicted molar refractivity (Wildman–Crippen MR) is 56.0 cm³/mol. The summed E-state index contributed by atoms with van der Waals surface area (Å²) in [4.78, 5) is 0. The van der Waals surface area contributed by atoms with Gasteiger partial charge in [0, 0.05) is 0 Å². The van der Waals surface area contributed by atoms with Crippen LogP contribution in [0.5, 0.6) is 0 Å². The Morgan fingerprint density at radius 3 is 2.71 bits per heavy atom. The molecule has 1 aromatic carbocycles.